The van der Waals surface area contributed by atoms with Crippen LogP contribution in [0.5, 0.6) is 0 Å². The Bertz CT molecular complexity index is 476. The van der Waals surface area contributed by atoms with Crippen molar-refractivity contribution in [1.82, 2.24) is 9.38 Å². The van der Waals surface area contributed by atoms with Gasteiger partial charge in [0.2, 0.25) is 0 Å². The number of imidazole rings is 1. The minimum absolute atomic E-state index is 0.379. The number of likely N-dealkylation sites (N-methyl/N-ethyl adjacent to an activating group) is 1. The molecule has 6 heteroatoms. The van der Waals surface area contributed by atoms with Crippen molar-refractivity contribution in [2.45, 2.75) is 19.6 Å². The van der Waals surface area contributed by atoms with Crippen LogP contribution in [0, 0.1) is 0 Å². The lowest BCUT2D eigenvalue weighted by atomic mass is 10.3. The van der Waals surface area contributed by atoms with Crippen molar-refractivity contribution in [3.8, 4) is 0 Å². The number of aromatic nitrogens is 2. The first kappa shape index (κ1) is 11.4. The lowest BCUT2D eigenvalue weighted by molar-refractivity contribution is 0.201. The number of hydrogen-bond donors (Lipinski definition) is 2. The summed E-state index contributed by atoms with van der Waals surface area (Å²) in [4.78, 5) is 7.39. The van der Waals surface area contributed by atoms with Gasteiger partial charge in [-0.2, -0.15) is 0 Å². The summed E-state index contributed by atoms with van der Waals surface area (Å²) in [5.41, 5.74) is 6.73. The zero-order valence-corrected chi connectivity index (χ0v) is 10.2. The number of aliphatic hydroxyl groups excluding tert-OH is 1. The van der Waals surface area contributed by atoms with Crippen molar-refractivity contribution >= 4 is 22.1 Å². The third-order valence-corrected chi connectivity index (χ3v) is 3.19. The highest BCUT2D eigenvalue weighted by Crippen LogP contribution is 2.23. The van der Waals surface area contributed by atoms with Crippen LogP contribution in [0.25, 0.3) is 4.96 Å². The smallest absolute Gasteiger partial charge is 0.195 e. The number of thiazole rings is 1. The first-order valence-corrected chi connectivity index (χ1v) is 6.05. The number of anilines is 1. The molecule has 88 valence electrons. The van der Waals surface area contributed by atoms with Gasteiger partial charge < -0.3 is 15.7 Å². The average molecular weight is 240 g/mol. The monoisotopic (exact) mass is 240 g/mol. The minimum atomic E-state index is -0.379. The van der Waals surface area contributed by atoms with E-state index in [1.54, 1.807) is 18.3 Å². The zero-order valence-electron chi connectivity index (χ0n) is 9.42. The van der Waals surface area contributed by atoms with Crippen LogP contribution in [0.4, 0.5) is 5.82 Å². The minimum Gasteiger partial charge on any atom is -0.392 e. The van der Waals surface area contributed by atoms with E-state index in [9.17, 15) is 5.11 Å². The highest BCUT2D eigenvalue weighted by molar-refractivity contribution is 7.15. The maximum atomic E-state index is 9.37. The Morgan fingerprint density at radius 1 is 1.69 bits per heavy atom. The fourth-order valence-corrected chi connectivity index (χ4v) is 2.53. The molecule has 0 fully saturated rings. The molecule has 0 saturated carbocycles. The lowest BCUT2D eigenvalue weighted by Crippen LogP contribution is -2.28. The molecular weight excluding hydrogens is 224 g/mol. The molecule has 1 atom stereocenters. The van der Waals surface area contributed by atoms with Crippen LogP contribution in [0.3, 0.4) is 0 Å². The number of nitrogens with two attached hydrogens (primary N) is 1. The van der Waals surface area contributed by atoms with Gasteiger partial charge in [0.15, 0.2) is 10.8 Å². The van der Waals surface area contributed by atoms with E-state index in [0.717, 1.165) is 16.5 Å². The van der Waals surface area contributed by atoms with E-state index in [-0.39, 0.29) is 6.10 Å². The molecule has 0 radical (unpaired) electrons. The van der Waals surface area contributed by atoms with E-state index in [1.807, 2.05) is 27.9 Å². The van der Waals surface area contributed by atoms with Crippen LogP contribution < -0.4 is 10.6 Å². The molecule has 0 saturated heterocycles. The molecule has 0 amide bonds. The number of rotatable bonds is 4. The van der Waals surface area contributed by atoms with Crippen molar-refractivity contribution in [3.63, 3.8) is 0 Å². The Balaban J connectivity index is 2.38. The second-order valence-corrected chi connectivity index (χ2v) is 4.74. The van der Waals surface area contributed by atoms with E-state index >= 15 is 0 Å². The first-order chi connectivity index (χ1) is 7.63. The summed E-state index contributed by atoms with van der Waals surface area (Å²) in [5, 5.41) is 11.4. The molecule has 0 aromatic carbocycles. The van der Waals surface area contributed by atoms with Gasteiger partial charge in [0, 0.05) is 31.7 Å². The van der Waals surface area contributed by atoms with Gasteiger partial charge in [0.1, 0.15) is 0 Å². The summed E-state index contributed by atoms with van der Waals surface area (Å²) in [5.74, 6) is 0.857. The molecule has 0 bridgehead atoms. The van der Waals surface area contributed by atoms with Crippen LogP contribution in [0.2, 0.25) is 0 Å². The summed E-state index contributed by atoms with van der Waals surface area (Å²) in [6, 6.07) is 0. The highest BCUT2D eigenvalue weighted by Gasteiger charge is 2.16. The van der Waals surface area contributed by atoms with Crippen LogP contribution in [0.15, 0.2) is 11.6 Å². The van der Waals surface area contributed by atoms with Gasteiger partial charge in [-0.15, -0.1) is 11.3 Å². The van der Waals surface area contributed by atoms with Crippen molar-refractivity contribution in [1.29, 1.82) is 0 Å². The van der Waals surface area contributed by atoms with Crippen LogP contribution in [-0.4, -0.2) is 34.2 Å². The largest absolute Gasteiger partial charge is 0.392 e. The Kier molecular flexibility index (Phi) is 3.13. The predicted octanol–water partition coefficient (Wildman–Crippen LogP) is 0.672. The van der Waals surface area contributed by atoms with Crippen molar-refractivity contribution in [2.24, 2.45) is 5.73 Å². The maximum absolute atomic E-state index is 9.37. The van der Waals surface area contributed by atoms with E-state index in [0.29, 0.717) is 13.1 Å². The maximum Gasteiger partial charge on any atom is 0.195 e. The van der Waals surface area contributed by atoms with E-state index in [4.69, 9.17) is 5.73 Å². The van der Waals surface area contributed by atoms with E-state index < -0.39 is 0 Å². The molecule has 3 N–H and O–H groups in total. The van der Waals surface area contributed by atoms with Gasteiger partial charge >= 0.3 is 0 Å². The normalized spacial score (nSPS) is 13.2. The molecular formula is C10H16N4OS. The van der Waals surface area contributed by atoms with Crippen LogP contribution in [-0.2, 0) is 6.54 Å². The fourth-order valence-electron chi connectivity index (χ4n) is 1.80. The number of nitrogens with zero attached hydrogens (tertiary/aromatic N) is 3. The Morgan fingerprint density at radius 3 is 3.06 bits per heavy atom. The van der Waals surface area contributed by atoms with Crippen LogP contribution >= 0.6 is 11.3 Å². The first-order valence-electron chi connectivity index (χ1n) is 5.17. The Hall–Kier alpha value is -1.11. The molecule has 2 heterocycles. The SMILES string of the molecule is CC(O)CN(C)c1nc2sccn2c1CN. The quantitative estimate of drug-likeness (QED) is 0.824. The van der Waals surface area contributed by atoms with Gasteiger partial charge in [-0.25, -0.2) is 4.98 Å². The number of aliphatic hydroxyl groups is 1. The van der Waals surface area contributed by atoms with Crippen molar-refractivity contribution in [2.75, 3.05) is 18.5 Å². The summed E-state index contributed by atoms with van der Waals surface area (Å²) < 4.78 is 2.00. The molecule has 1 unspecified atom stereocenters. The number of hydrogen-bond acceptors (Lipinski definition) is 5. The molecule has 0 aliphatic heterocycles. The van der Waals surface area contributed by atoms with Gasteiger partial charge in [-0.1, -0.05) is 0 Å². The topological polar surface area (TPSA) is 66.8 Å². The van der Waals surface area contributed by atoms with Gasteiger partial charge in [0.25, 0.3) is 0 Å². The van der Waals surface area contributed by atoms with E-state index in [2.05, 4.69) is 4.98 Å². The van der Waals surface area contributed by atoms with Crippen LogP contribution in [0.1, 0.15) is 12.6 Å². The second-order valence-electron chi connectivity index (χ2n) is 3.87. The van der Waals surface area contributed by atoms with Crippen molar-refractivity contribution < 1.29 is 5.11 Å². The van der Waals surface area contributed by atoms with Gasteiger partial charge in [0.05, 0.1) is 11.8 Å². The lowest BCUT2D eigenvalue weighted by Gasteiger charge is -2.19. The molecule has 0 spiro atoms. The molecule has 5 nitrogen and oxygen atoms in total. The Labute approximate surface area is 98.1 Å². The van der Waals surface area contributed by atoms with E-state index in [1.165, 1.54) is 0 Å². The average Bonchev–Trinajstić information content (AvgIpc) is 2.74. The highest BCUT2D eigenvalue weighted by atomic mass is 32.1. The van der Waals surface area contributed by atoms with Gasteiger partial charge in [-0.05, 0) is 6.92 Å². The summed E-state index contributed by atoms with van der Waals surface area (Å²) in [6.45, 7) is 2.76. The zero-order chi connectivity index (χ0) is 11.7. The number of fused-ring (bicyclic) bond motifs is 1. The third-order valence-electron chi connectivity index (χ3n) is 2.43. The van der Waals surface area contributed by atoms with Gasteiger partial charge in [-0.3, -0.25) is 4.40 Å². The third kappa shape index (κ3) is 1.91. The molecule has 16 heavy (non-hydrogen) atoms. The summed E-state index contributed by atoms with van der Waals surface area (Å²) >= 11 is 1.58. The molecule has 0 aliphatic rings. The molecule has 2 aromatic rings. The second kappa shape index (κ2) is 4.40. The summed E-state index contributed by atoms with van der Waals surface area (Å²) in [7, 11) is 1.92. The Morgan fingerprint density at radius 2 is 2.44 bits per heavy atom. The fraction of sp³-hybridized carbons (Fsp3) is 0.500. The molecule has 0 aliphatic carbocycles. The predicted molar refractivity (Wildman–Crippen MR) is 65.9 cm³/mol. The molecule has 2 aromatic heterocycles. The summed E-state index contributed by atoms with van der Waals surface area (Å²) in [6.07, 6.45) is 1.59. The molecule has 2 rings (SSSR count). The van der Waals surface area contributed by atoms with Crippen molar-refractivity contribution in [3.05, 3.63) is 17.3 Å². The standard InChI is InChI=1S/C10H16N4OS/c1-7(15)6-13(2)9-8(5-11)14-3-4-16-10(14)12-9/h3-4,7,15H,5-6,11H2,1-2H3.